The van der Waals surface area contributed by atoms with Crippen molar-refractivity contribution in [2.45, 2.75) is 13.0 Å². The van der Waals surface area contributed by atoms with Gasteiger partial charge in [0.1, 0.15) is 29.2 Å². The molecule has 0 unspecified atom stereocenters. The van der Waals surface area contributed by atoms with Crippen LogP contribution in [0.1, 0.15) is 9.67 Å². The van der Waals surface area contributed by atoms with Crippen LogP contribution in [0.15, 0.2) is 67.3 Å². The van der Waals surface area contributed by atoms with Crippen LogP contribution in [-0.4, -0.2) is 43.6 Å². The van der Waals surface area contributed by atoms with Crippen molar-refractivity contribution >= 4 is 34.0 Å². The van der Waals surface area contributed by atoms with Crippen molar-refractivity contribution in [1.82, 2.24) is 24.1 Å². The van der Waals surface area contributed by atoms with Crippen molar-refractivity contribution < 1.29 is 18.3 Å². The standard InChI is InChI=1S/C24H18F2N6O2S/c1-34-19-10-17-15(9-18(19)30-24(33)20-7-8-29-35-20)23(28-13-27-17)16-11-32(12-21(25)26)31-22(16)14-5-3-2-4-6-14/h2-11,13,21H,12H2,1H3,(H,30,33). The van der Waals surface area contributed by atoms with Crippen LogP contribution in [0.2, 0.25) is 0 Å². The first-order chi connectivity index (χ1) is 17.0. The minimum Gasteiger partial charge on any atom is -0.494 e. The fourth-order valence-corrected chi connectivity index (χ4v) is 4.21. The summed E-state index contributed by atoms with van der Waals surface area (Å²) in [7, 11) is 1.49. The average Bonchev–Trinajstić information content (AvgIpc) is 3.54. The predicted octanol–water partition coefficient (Wildman–Crippen LogP) is 5.14. The second-order valence-electron chi connectivity index (χ2n) is 7.49. The van der Waals surface area contributed by atoms with E-state index in [2.05, 4.69) is 24.8 Å². The summed E-state index contributed by atoms with van der Waals surface area (Å²) >= 11 is 1.07. The van der Waals surface area contributed by atoms with Gasteiger partial charge in [-0.3, -0.25) is 9.48 Å². The van der Waals surface area contributed by atoms with Gasteiger partial charge in [-0.15, -0.1) is 0 Å². The number of anilines is 1. The Morgan fingerprint density at radius 2 is 1.97 bits per heavy atom. The lowest BCUT2D eigenvalue weighted by atomic mass is 10.0. The molecule has 1 amide bonds. The molecular formula is C24H18F2N6O2S. The second kappa shape index (κ2) is 9.55. The second-order valence-corrected chi connectivity index (χ2v) is 8.33. The third-order valence-electron chi connectivity index (χ3n) is 5.26. The maximum atomic E-state index is 13.1. The first-order valence-electron chi connectivity index (χ1n) is 10.5. The van der Waals surface area contributed by atoms with E-state index >= 15 is 0 Å². The van der Waals surface area contributed by atoms with Gasteiger partial charge in [0.2, 0.25) is 0 Å². The van der Waals surface area contributed by atoms with E-state index in [-0.39, 0.29) is 5.91 Å². The number of aromatic nitrogens is 5. The number of fused-ring (bicyclic) bond motifs is 1. The number of nitrogens with zero attached hydrogens (tertiary/aromatic N) is 5. The number of hydrogen-bond donors (Lipinski definition) is 1. The molecule has 0 spiro atoms. The molecular weight excluding hydrogens is 474 g/mol. The third-order valence-corrected chi connectivity index (χ3v) is 6.00. The Labute approximate surface area is 202 Å². The molecule has 35 heavy (non-hydrogen) atoms. The van der Waals surface area contributed by atoms with Crippen LogP contribution in [0, 0.1) is 0 Å². The molecule has 8 nitrogen and oxygen atoms in total. The monoisotopic (exact) mass is 492 g/mol. The molecule has 0 radical (unpaired) electrons. The van der Waals surface area contributed by atoms with Crippen molar-refractivity contribution in [2.24, 2.45) is 0 Å². The van der Waals surface area contributed by atoms with E-state index in [0.29, 0.717) is 44.2 Å². The summed E-state index contributed by atoms with van der Waals surface area (Å²) in [6.07, 6.45) is 1.93. The largest absolute Gasteiger partial charge is 0.494 e. The summed E-state index contributed by atoms with van der Waals surface area (Å²) in [6, 6.07) is 14.3. The summed E-state index contributed by atoms with van der Waals surface area (Å²) in [5.41, 5.74) is 3.30. The van der Waals surface area contributed by atoms with Gasteiger partial charge in [0.05, 0.1) is 24.0 Å². The maximum absolute atomic E-state index is 13.1. The quantitative estimate of drug-likeness (QED) is 0.338. The Balaban J connectivity index is 1.67. The summed E-state index contributed by atoms with van der Waals surface area (Å²) in [5, 5.41) is 7.86. The topological polar surface area (TPSA) is 94.8 Å². The molecule has 3 heterocycles. The van der Waals surface area contributed by atoms with Crippen LogP contribution >= 0.6 is 11.5 Å². The molecule has 0 aliphatic carbocycles. The van der Waals surface area contributed by atoms with Crippen LogP contribution in [0.25, 0.3) is 33.4 Å². The molecule has 1 N–H and O–H groups in total. The van der Waals surface area contributed by atoms with Gasteiger partial charge in [-0.25, -0.2) is 23.1 Å². The molecule has 176 valence electrons. The molecule has 0 saturated heterocycles. The van der Waals surface area contributed by atoms with Gasteiger partial charge in [0.15, 0.2) is 0 Å². The van der Waals surface area contributed by atoms with Crippen molar-refractivity contribution in [2.75, 3.05) is 12.4 Å². The molecule has 0 aliphatic rings. The Kier molecular flexibility index (Phi) is 6.15. The van der Waals surface area contributed by atoms with Crippen LogP contribution in [-0.2, 0) is 6.54 Å². The normalized spacial score (nSPS) is 11.2. The lowest BCUT2D eigenvalue weighted by molar-refractivity contribution is 0.103. The zero-order chi connectivity index (χ0) is 24.4. The van der Waals surface area contributed by atoms with Gasteiger partial charge in [0, 0.05) is 35.0 Å². The summed E-state index contributed by atoms with van der Waals surface area (Å²) in [6.45, 7) is -0.549. The Bertz CT molecular complexity index is 1490. The number of amides is 1. The highest BCUT2D eigenvalue weighted by Gasteiger charge is 2.20. The van der Waals surface area contributed by atoms with E-state index in [1.165, 1.54) is 18.1 Å². The fourth-order valence-electron chi connectivity index (χ4n) is 3.72. The number of rotatable bonds is 7. The molecule has 5 aromatic rings. The van der Waals surface area contributed by atoms with Gasteiger partial charge in [-0.1, -0.05) is 30.3 Å². The number of benzene rings is 2. The predicted molar refractivity (Wildman–Crippen MR) is 129 cm³/mol. The SMILES string of the molecule is COc1cc2ncnc(-c3cn(CC(F)F)nc3-c3ccccc3)c2cc1NC(=O)c1ccns1. The van der Waals surface area contributed by atoms with Gasteiger partial charge in [-0.05, 0) is 23.7 Å². The van der Waals surface area contributed by atoms with Crippen LogP contribution in [0.4, 0.5) is 14.5 Å². The molecule has 0 bridgehead atoms. The van der Waals surface area contributed by atoms with Crippen LogP contribution in [0.3, 0.4) is 0 Å². The molecule has 11 heteroatoms. The minimum atomic E-state index is -2.56. The van der Waals surface area contributed by atoms with E-state index in [4.69, 9.17) is 4.74 Å². The van der Waals surface area contributed by atoms with E-state index in [1.807, 2.05) is 30.3 Å². The highest BCUT2D eigenvalue weighted by molar-refractivity contribution is 7.08. The Morgan fingerprint density at radius 3 is 2.69 bits per heavy atom. The summed E-state index contributed by atoms with van der Waals surface area (Å²) < 4.78 is 36.9. The number of hydrogen-bond acceptors (Lipinski definition) is 7. The average molecular weight is 493 g/mol. The van der Waals surface area contributed by atoms with E-state index in [9.17, 15) is 13.6 Å². The number of ether oxygens (including phenoxy) is 1. The van der Waals surface area contributed by atoms with Crippen molar-refractivity contribution in [3.05, 3.63) is 72.1 Å². The third kappa shape index (κ3) is 4.58. The number of alkyl halides is 2. The molecule has 0 aliphatic heterocycles. The highest BCUT2D eigenvalue weighted by Crippen LogP contribution is 2.37. The number of halogens is 2. The van der Waals surface area contributed by atoms with Crippen molar-refractivity contribution in [3.8, 4) is 28.3 Å². The van der Waals surface area contributed by atoms with E-state index in [0.717, 1.165) is 17.1 Å². The van der Waals surface area contributed by atoms with Crippen LogP contribution < -0.4 is 10.1 Å². The lowest BCUT2D eigenvalue weighted by Crippen LogP contribution is -2.11. The molecule has 0 fully saturated rings. The van der Waals surface area contributed by atoms with Gasteiger partial charge < -0.3 is 10.1 Å². The minimum absolute atomic E-state index is 0.335. The van der Waals surface area contributed by atoms with Gasteiger partial charge in [0.25, 0.3) is 12.3 Å². The molecule has 0 atom stereocenters. The fraction of sp³-hybridized carbons (Fsp3) is 0.125. The van der Waals surface area contributed by atoms with Crippen molar-refractivity contribution in [1.29, 1.82) is 0 Å². The first-order valence-corrected chi connectivity index (χ1v) is 11.3. The zero-order valence-electron chi connectivity index (χ0n) is 18.4. The number of carbonyl (C=O) groups excluding carboxylic acids is 1. The lowest BCUT2D eigenvalue weighted by Gasteiger charge is -2.13. The molecule has 2 aromatic carbocycles. The summed E-state index contributed by atoms with van der Waals surface area (Å²) in [4.78, 5) is 21.9. The Morgan fingerprint density at radius 1 is 1.14 bits per heavy atom. The molecule has 5 rings (SSSR count). The van der Waals surface area contributed by atoms with Gasteiger partial charge in [-0.2, -0.15) is 5.10 Å². The van der Waals surface area contributed by atoms with E-state index < -0.39 is 13.0 Å². The number of carbonyl (C=O) groups is 1. The van der Waals surface area contributed by atoms with Crippen LogP contribution in [0.5, 0.6) is 5.75 Å². The molecule has 0 saturated carbocycles. The zero-order valence-corrected chi connectivity index (χ0v) is 19.2. The first kappa shape index (κ1) is 22.5. The highest BCUT2D eigenvalue weighted by atomic mass is 32.1. The smallest absolute Gasteiger partial charge is 0.267 e. The maximum Gasteiger partial charge on any atom is 0.267 e. The van der Waals surface area contributed by atoms with E-state index in [1.54, 1.807) is 30.6 Å². The van der Waals surface area contributed by atoms with Crippen molar-refractivity contribution in [3.63, 3.8) is 0 Å². The Hall–Kier alpha value is -4.25. The number of nitrogens with one attached hydrogen (secondary N) is 1. The van der Waals surface area contributed by atoms with Gasteiger partial charge >= 0.3 is 0 Å². The number of methoxy groups -OCH3 is 1. The molecule has 3 aromatic heterocycles. The summed E-state index contributed by atoms with van der Waals surface area (Å²) in [5.74, 6) is 0.0787.